The van der Waals surface area contributed by atoms with Crippen LogP contribution in [-0.4, -0.2) is 47.9 Å². The molecule has 0 radical (unpaired) electrons. The molecule has 2 aromatic carbocycles. The molecule has 33 heavy (non-hydrogen) atoms. The number of carbonyl (C=O) groups excluding carboxylic acids is 2. The molecule has 0 spiro atoms. The van der Waals surface area contributed by atoms with Crippen molar-refractivity contribution in [3.8, 4) is 5.75 Å². The van der Waals surface area contributed by atoms with Gasteiger partial charge in [0, 0.05) is 23.5 Å². The zero-order valence-electron chi connectivity index (χ0n) is 18.6. The van der Waals surface area contributed by atoms with E-state index in [1.54, 1.807) is 16.2 Å². The van der Waals surface area contributed by atoms with E-state index >= 15 is 0 Å². The van der Waals surface area contributed by atoms with Crippen LogP contribution in [-0.2, 0) is 11.2 Å². The molecule has 1 aliphatic heterocycles. The number of para-hydroxylation sites is 1. The zero-order chi connectivity index (χ0) is 22.6. The van der Waals surface area contributed by atoms with Gasteiger partial charge in [-0.15, -0.1) is 11.3 Å². The van der Waals surface area contributed by atoms with Crippen molar-refractivity contribution in [1.29, 1.82) is 0 Å². The SMILES string of the molecule is O=C(c1ccccc1)N(CC(=O)N1CCc2sccc2[C@H]1COc1ccccc1)CC1CC1. The second-order valence-electron chi connectivity index (χ2n) is 8.77. The molecule has 2 amide bonds. The van der Waals surface area contributed by atoms with Crippen LogP contribution in [0.4, 0.5) is 0 Å². The molecule has 1 saturated carbocycles. The first-order valence-electron chi connectivity index (χ1n) is 11.6. The van der Waals surface area contributed by atoms with Gasteiger partial charge in [0.05, 0.1) is 6.04 Å². The number of hydrogen-bond acceptors (Lipinski definition) is 4. The second-order valence-corrected chi connectivity index (χ2v) is 9.77. The minimum absolute atomic E-state index is 0.0153. The third kappa shape index (κ3) is 5.11. The summed E-state index contributed by atoms with van der Waals surface area (Å²) in [6.45, 7) is 1.79. The quantitative estimate of drug-likeness (QED) is 0.485. The third-order valence-electron chi connectivity index (χ3n) is 6.38. The molecule has 0 saturated heterocycles. The maximum atomic E-state index is 13.6. The lowest BCUT2D eigenvalue weighted by Crippen LogP contribution is -2.48. The fourth-order valence-electron chi connectivity index (χ4n) is 4.42. The molecule has 0 unspecified atom stereocenters. The van der Waals surface area contributed by atoms with Crippen LogP contribution in [0.5, 0.6) is 5.75 Å². The number of benzene rings is 2. The van der Waals surface area contributed by atoms with Crippen molar-refractivity contribution in [3.63, 3.8) is 0 Å². The maximum absolute atomic E-state index is 13.6. The van der Waals surface area contributed by atoms with Gasteiger partial charge in [0.25, 0.3) is 5.91 Å². The summed E-state index contributed by atoms with van der Waals surface area (Å²) in [5.41, 5.74) is 1.80. The fourth-order valence-corrected chi connectivity index (χ4v) is 5.34. The normalized spacial score (nSPS) is 17.3. The largest absolute Gasteiger partial charge is 0.491 e. The first kappa shape index (κ1) is 21.7. The van der Waals surface area contributed by atoms with Gasteiger partial charge in [0.1, 0.15) is 18.9 Å². The Morgan fingerprint density at radius 1 is 1.00 bits per heavy atom. The van der Waals surface area contributed by atoms with Gasteiger partial charge >= 0.3 is 0 Å². The van der Waals surface area contributed by atoms with Crippen LogP contribution in [0.2, 0.25) is 0 Å². The molecule has 3 aromatic rings. The highest BCUT2D eigenvalue weighted by molar-refractivity contribution is 7.10. The molecule has 1 aliphatic carbocycles. The predicted octanol–water partition coefficient (Wildman–Crippen LogP) is 4.81. The Balaban J connectivity index is 1.33. The van der Waals surface area contributed by atoms with Gasteiger partial charge in [-0.25, -0.2) is 0 Å². The summed E-state index contributed by atoms with van der Waals surface area (Å²) >= 11 is 1.74. The molecule has 170 valence electrons. The molecule has 0 bridgehead atoms. The smallest absolute Gasteiger partial charge is 0.254 e. The third-order valence-corrected chi connectivity index (χ3v) is 7.37. The van der Waals surface area contributed by atoms with Crippen LogP contribution < -0.4 is 4.74 Å². The van der Waals surface area contributed by atoms with Gasteiger partial charge in [-0.05, 0) is 66.5 Å². The highest BCUT2D eigenvalue weighted by atomic mass is 32.1. The molecule has 1 atom stereocenters. The van der Waals surface area contributed by atoms with Crippen LogP contribution in [0.3, 0.4) is 0 Å². The number of hydrogen-bond donors (Lipinski definition) is 0. The maximum Gasteiger partial charge on any atom is 0.254 e. The number of fused-ring (bicyclic) bond motifs is 1. The topological polar surface area (TPSA) is 49.9 Å². The van der Waals surface area contributed by atoms with Crippen molar-refractivity contribution in [1.82, 2.24) is 9.80 Å². The molecule has 2 aliphatic rings. The van der Waals surface area contributed by atoms with Gasteiger partial charge in [0.2, 0.25) is 5.91 Å². The van der Waals surface area contributed by atoms with E-state index in [-0.39, 0.29) is 24.4 Å². The van der Waals surface area contributed by atoms with Gasteiger partial charge in [0.15, 0.2) is 0 Å². The summed E-state index contributed by atoms with van der Waals surface area (Å²) in [5, 5.41) is 2.09. The molecule has 6 heteroatoms. The van der Waals surface area contributed by atoms with Gasteiger partial charge in [-0.2, -0.15) is 0 Å². The lowest BCUT2D eigenvalue weighted by molar-refractivity contribution is -0.135. The van der Waals surface area contributed by atoms with Gasteiger partial charge in [-0.1, -0.05) is 36.4 Å². The number of carbonyl (C=O) groups is 2. The van der Waals surface area contributed by atoms with Gasteiger partial charge in [-0.3, -0.25) is 9.59 Å². The molecule has 5 nitrogen and oxygen atoms in total. The van der Waals surface area contributed by atoms with Crippen molar-refractivity contribution in [2.24, 2.45) is 5.92 Å². The van der Waals surface area contributed by atoms with E-state index in [1.807, 2.05) is 65.6 Å². The molecular weight excluding hydrogens is 432 g/mol. The lowest BCUT2D eigenvalue weighted by Gasteiger charge is -2.37. The molecule has 2 heterocycles. The molecule has 5 rings (SSSR count). The monoisotopic (exact) mass is 460 g/mol. The van der Waals surface area contributed by atoms with E-state index in [9.17, 15) is 9.59 Å². The molecule has 1 aromatic heterocycles. The van der Waals surface area contributed by atoms with E-state index in [1.165, 1.54) is 10.4 Å². The van der Waals surface area contributed by atoms with E-state index in [4.69, 9.17) is 4.74 Å². The number of ether oxygens (including phenoxy) is 1. The standard InChI is InChI=1S/C27H28N2O3S/c30-26(18-28(17-20-11-12-20)27(31)21-7-3-1-4-8-21)29-15-13-25-23(14-16-33-25)24(29)19-32-22-9-5-2-6-10-22/h1-10,14,16,20,24H,11-13,15,17-19H2/t24-/m1/s1. The summed E-state index contributed by atoms with van der Waals surface area (Å²) in [6, 6.07) is 20.9. The van der Waals surface area contributed by atoms with E-state index in [0.29, 0.717) is 31.2 Å². The second kappa shape index (κ2) is 9.79. The number of rotatable bonds is 8. The minimum Gasteiger partial charge on any atom is -0.491 e. The molecule has 0 N–H and O–H groups in total. The summed E-state index contributed by atoms with van der Waals surface area (Å²) < 4.78 is 6.08. The van der Waals surface area contributed by atoms with Crippen molar-refractivity contribution in [2.75, 3.05) is 26.2 Å². The summed E-state index contributed by atoms with van der Waals surface area (Å²) in [4.78, 5) is 31.8. The molecular formula is C27H28N2O3S. The molecule has 1 fully saturated rings. The van der Waals surface area contributed by atoms with E-state index < -0.39 is 0 Å². The Bertz CT molecular complexity index is 1090. The Morgan fingerprint density at radius 3 is 2.45 bits per heavy atom. The van der Waals surface area contributed by atoms with Crippen molar-refractivity contribution >= 4 is 23.2 Å². The van der Waals surface area contributed by atoms with Gasteiger partial charge < -0.3 is 14.5 Å². The van der Waals surface area contributed by atoms with Crippen LogP contribution >= 0.6 is 11.3 Å². The highest BCUT2D eigenvalue weighted by Gasteiger charge is 2.35. The minimum atomic E-state index is -0.151. The summed E-state index contributed by atoms with van der Waals surface area (Å²) in [7, 11) is 0. The average Bonchev–Trinajstić information content (AvgIpc) is 3.55. The van der Waals surface area contributed by atoms with Crippen LogP contribution in [0, 0.1) is 5.92 Å². The predicted molar refractivity (Wildman–Crippen MR) is 129 cm³/mol. The van der Waals surface area contributed by atoms with Crippen molar-refractivity contribution < 1.29 is 14.3 Å². The Kier molecular flexibility index (Phi) is 6.44. The Hall–Kier alpha value is -3.12. The van der Waals surface area contributed by atoms with E-state index in [2.05, 4.69) is 11.4 Å². The highest BCUT2D eigenvalue weighted by Crippen LogP contribution is 2.34. The van der Waals surface area contributed by atoms with E-state index in [0.717, 1.165) is 25.0 Å². The van der Waals surface area contributed by atoms with Crippen LogP contribution in [0.15, 0.2) is 72.1 Å². The fraction of sp³-hybridized carbons (Fsp3) is 0.333. The van der Waals surface area contributed by atoms with Crippen LogP contribution in [0.25, 0.3) is 0 Å². The number of amides is 2. The summed E-state index contributed by atoms with van der Waals surface area (Å²) in [5.74, 6) is 1.22. The Morgan fingerprint density at radius 2 is 1.73 bits per heavy atom. The summed E-state index contributed by atoms with van der Waals surface area (Å²) in [6.07, 6.45) is 3.10. The first-order valence-corrected chi connectivity index (χ1v) is 12.4. The lowest BCUT2D eigenvalue weighted by atomic mass is 10.0. The Labute approximate surface area is 198 Å². The van der Waals surface area contributed by atoms with Crippen LogP contribution in [0.1, 0.15) is 39.7 Å². The number of thiophene rings is 1. The van der Waals surface area contributed by atoms with Crippen molar-refractivity contribution in [2.45, 2.75) is 25.3 Å². The number of nitrogens with zero attached hydrogens (tertiary/aromatic N) is 2. The first-order chi connectivity index (χ1) is 16.2. The zero-order valence-corrected chi connectivity index (χ0v) is 19.4. The average molecular weight is 461 g/mol. The van der Waals surface area contributed by atoms with Crippen molar-refractivity contribution in [3.05, 3.63) is 88.1 Å².